The number of benzene rings is 2. The van der Waals surface area contributed by atoms with Gasteiger partial charge in [-0.05, 0) is 42.2 Å². The molecule has 0 aliphatic carbocycles. The Morgan fingerprint density at radius 2 is 2.04 bits per heavy atom. The Bertz CT molecular complexity index is 738. The van der Waals surface area contributed by atoms with E-state index in [-0.39, 0.29) is 11.7 Å². The van der Waals surface area contributed by atoms with Gasteiger partial charge in [-0.2, -0.15) is 0 Å². The average molecular weight is 346 g/mol. The maximum atomic E-state index is 13.7. The Morgan fingerprint density at radius 3 is 2.68 bits per heavy atom. The van der Waals surface area contributed by atoms with Gasteiger partial charge in [0.05, 0.1) is 6.10 Å². The highest BCUT2D eigenvalue weighted by Crippen LogP contribution is 2.32. The molecule has 0 aromatic heterocycles. The van der Waals surface area contributed by atoms with Gasteiger partial charge in [-0.25, -0.2) is 9.18 Å². The zero-order valence-electron chi connectivity index (χ0n) is 13.5. The fourth-order valence-electron chi connectivity index (χ4n) is 2.80. The van der Waals surface area contributed by atoms with E-state index >= 15 is 0 Å². The largest absolute Gasteiger partial charge is 0.490 e. The molecule has 1 aliphatic rings. The van der Waals surface area contributed by atoms with Crippen molar-refractivity contribution < 1.29 is 28.9 Å². The van der Waals surface area contributed by atoms with Crippen LogP contribution in [-0.4, -0.2) is 35.5 Å². The molecule has 1 heterocycles. The lowest BCUT2D eigenvalue weighted by Gasteiger charge is -2.15. The summed E-state index contributed by atoms with van der Waals surface area (Å²) in [4.78, 5) is 10.8. The third-order valence-electron chi connectivity index (χ3n) is 4.16. The molecule has 0 saturated carbocycles. The topological polar surface area (TPSA) is 76.0 Å². The van der Waals surface area contributed by atoms with E-state index in [1.807, 2.05) is 0 Å². The summed E-state index contributed by atoms with van der Waals surface area (Å²) in [6.07, 6.45) is 0.415. The molecule has 132 valence electrons. The SMILES string of the molecule is O=C(O)C(O)c1ccc(-c2cc(F)ccc2OCC2CCCO2)cc1. The van der Waals surface area contributed by atoms with Crippen molar-refractivity contribution in [3.63, 3.8) is 0 Å². The van der Waals surface area contributed by atoms with Crippen LogP contribution in [-0.2, 0) is 9.53 Å². The molecule has 6 heteroatoms. The summed E-state index contributed by atoms with van der Waals surface area (Å²) in [7, 11) is 0. The van der Waals surface area contributed by atoms with E-state index in [1.54, 1.807) is 18.2 Å². The molecule has 5 nitrogen and oxygen atoms in total. The van der Waals surface area contributed by atoms with Crippen molar-refractivity contribution >= 4 is 5.97 Å². The van der Waals surface area contributed by atoms with E-state index in [0.717, 1.165) is 19.4 Å². The van der Waals surface area contributed by atoms with Crippen LogP contribution in [0.25, 0.3) is 11.1 Å². The maximum Gasteiger partial charge on any atom is 0.337 e. The molecule has 0 bridgehead atoms. The Hall–Kier alpha value is -2.44. The van der Waals surface area contributed by atoms with Crippen molar-refractivity contribution in [3.05, 3.63) is 53.8 Å². The smallest absolute Gasteiger partial charge is 0.337 e. The van der Waals surface area contributed by atoms with E-state index in [1.165, 1.54) is 24.3 Å². The fourth-order valence-corrected chi connectivity index (χ4v) is 2.80. The van der Waals surface area contributed by atoms with Crippen LogP contribution in [0.3, 0.4) is 0 Å². The zero-order chi connectivity index (χ0) is 17.8. The van der Waals surface area contributed by atoms with Crippen LogP contribution >= 0.6 is 0 Å². The molecule has 1 aliphatic heterocycles. The van der Waals surface area contributed by atoms with E-state index in [9.17, 15) is 14.3 Å². The lowest BCUT2D eigenvalue weighted by molar-refractivity contribution is -0.146. The van der Waals surface area contributed by atoms with Crippen molar-refractivity contribution in [2.24, 2.45) is 0 Å². The summed E-state index contributed by atoms with van der Waals surface area (Å²) in [6, 6.07) is 10.5. The number of rotatable bonds is 6. The second-order valence-electron chi connectivity index (χ2n) is 5.95. The van der Waals surface area contributed by atoms with Crippen LogP contribution < -0.4 is 4.74 Å². The Balaban J connectivity index is 1.82. The van der Waals surface area contributed by atoms with Gasteiger partial charge in [0.15, 0.2) is 6.10 Å². The first-order valence-electron chi connectivity index (χ1n) is 8.10. The van der Waals surface area contributed by atoms with Crippen molar-refractivity contribution in [1.82, 2.24) is 0 Å². The minimum absolute atomic E-state index is 0.0472. The van der Waals surface area contributed by atoms with Gasteiger partial charge in [0.25, 0.3) is 0 Å². The van der Waals surface area contributed by atoms with Crippen LogP contribution in [0.1, 0.15) is 24.5 Å². The molecule has 2 aromatic carbocycles. The molecule has 2 aromatic rings. The number of halogens is 1. The Morgan fingerprint density at radius 1 is 1.28 bits per heavy atom. The minimum Gasteiger partial charge on any atom is -0.490 e. The van der Waals surface area contributed by atoms with E-state index in [0.29, 0.717) is 23.5 Å². The highest BCUT2D eigenvalue weighted by molar-refractivity contribution is 5.75. The average Bonchev–Trinajstić information content (AvgIpc) is 3.13. The molecule has 2 unspecified atom stereocenters. The number of aliphatic hydroxyl groups is 1. The maximum absolute atomic E-state index is 13.7. The van der Waals surface area contributed by atoms with Gasteiger partial charge >= 0.3 is 5.97 Å². The number of carboxylic acid groups (broad SMARTS) is 1. The van der Waals surface area contributed by atoms with Crippen LogP contribution in [0.2, 0.25) is 0 Å². The van der Waals surface area contributed by atoms with Crippen LogP contribution in [0.4, 0.5) is 4.39 Å². The van der Waals surface area contributed by atoms with E-state index < -0.39 is 17.9 Å². The Kier molecular flexibility index (Phi) is 5.31. The number of ether oxygens (including phenoxy) is 2. The van der Waals surface area contributed by atoms with Gasteiger partial charge in [-0.1, -0.05) is 24.3 Å². The van der Waals surface area contributed by atoms with Gasteiger partial charge in [0, 0.05) is 12.2 Å². The van der Waals surface area contributed by atoms with Crippen molar-refractivity contribution in [3.8, 4) is 16.9 Å². The first-order chi connectivity index (χ1) is 12.0. The summed E-state index contributed by atoms with van der Waals surface area (Å²) < 4.78 is 25.0. The summed E-state index contributed by atoms with van der Waals surface area (Å²) >= 11 is 0. The quantitative estimate of drug-likeness (QED) is 0.840. The molecule has 25 heavy (non-hydrogen) atoms. The van der Waals surface area contributed by atoms with Gasteiger partial charge in [0.2, 0.25) is 0 Å². The molecule has 0 spiro atoms. The van der Waals surface area contributed by atoms with Crippen molar-refractivity contribution in [2.75, 3.05) is 13.2 Å². The molecule has 0 radical (unpaired) electrons. The van der Waals surface area contributed by atoms with Gasteiger partial charge < -0.3 is 19.7 Å². The third-order valence-corrected chi connectivity index (χ3v) is 4.16. The van der Waals surface area contributed by atoms with Crippen LogP contribution in [0, 0.1) is 5.82 Å². The number of aliphatic hydroxyl groups excluding tert-OH is 1. The predicted octanol–water partition coefficient (Wildman–Crippen LogP) is 3.17. The molecule has 1 fully saturated rings. The van der Waals surface area contributed by atoms with Gasteiger partial charge in [-0.15, -0.1) is 0 Å². The normalized spacial score (nSPS) is 18.1. The number of aliphatic carboxylic acids is 1. The lowest BCUT2D eigenvalue weighted by Crippen LogP contribution is -2.16. The summed E-state index contributed by atoms with van der Waals surface area (Å²) in [5.74, 6) is -1.18. The van der Waals surface area contributed by atoms with Crippen molar-refractivity contribution in [1.29, 1.82) is 0 Å². The first kappa shape index (κ1) is 17.4. The molecular weight excluding hydrogens is 327 g/mol. The monoisotopic (exact) mass is 346 g/mol. The Labute approximate surface area is 144 Å². The van der Waals surface area contributed by atoms with Gasteiger partial charge in [0.1, 0.15) is 18.2 Å². The molecular formula is C19H19FO5. The summed E-state index contributed by atoms with van der Waals surface area (Å²) in [5, 5.41) is 18.4. The predicted molar refractivity (Wildman–Crippen MR) is 88.9 cm³/mol. The standard InChI is InChI=1S/C19H19FO5/c20-14-7-8-17(25-11-15-2-1-9-24-15)16(10-14)12-3-5-13(6-4-12)18(21)19(22)23/h3-8,10,15,18,21H,1-2,9,11H2,(H,22,23). The van der Waals surface area contributed by atoms with Gasteiger partial charge in [-0.3, -0.25) is 0 Å². The molecule has 2 N–H and O–H groups in total. The number of hydrogen-bond donors (Lipinski definition) is 2. The fraction of sp³-hybridized carbons (Fsp3) is 0.316. The highest BCUT2D eigenvalue weighted by atomic mass is 19.1. The molecule has 0 amide bonds. The van der Waals surface area contributed by atoms with Crippen LogP contribution in [0.5, 0.6) is 5.75 Å². The second-order valence-corrected chi connectivity index (χ2v) is 5.95. The first-order valence-corrected chi connectivity index (χ1v) is 8.10. The number of hydrogen-bond acceptors (Lipinski definition) is 4. The highest BCUT2D eigenvalue weighted by Gasteiger charge is 2.18. The molecule has 2 atom stereocenters. The summed E-state index contributed by atoms with van der Waals surface area (Å²) in [6.45, 7) is 1.13. The summed E-state index contributed by atoms with van der Waals surface area (Å²) in [5.41, 5.74) is 1.49. The van der Waals surface area contributed by atoms with Crippen molar-refractivity contribution in [2.45, 2.75) is 25.0 Å². The second kappa shape index (κ2) is 7.63. The molecule has 1 saturated heterocycles. The van der Waals surface area contributed by atoms with E-state index in [4.69, 9.17) is 14.6 Å². The number of carbonyl (C=O) groups is 1. The minimum atomic E-state index is -1.59. The lowest BCUT2D eigenvalue weighted by atomic mass is 10.0. The number of carboxylic acids is 1. The molecule has 3 rings (SSSR count). The van der Waals surface area contributed by atoms with E-state index in [2.05, 4.69) is 0 Å². The third kappa shape index (κ3) is 4.15. The zero-order valence-corrected chi connectivity index (χ0v) is 13.5. The van der Waals surface area contributed by atoms with Crippen LogP contribution in [0.15, 0.2) is 42.5 Å².